The number of carboxylic acids is 1. The minimum absolute atomic E-state index is 0.308. The van der Waals surface area contributed by atoms with Crippen LogP contribution in [0.25, 0.3) is 0 Å². The molecule has 0 fully saturated rings. The highest BCUT2D eigenvalue weighted by Crippen LogP contribution is 2.24. The average molecular weight is 369 g/mol. The second-order valence-electron chi connectivity index (χ2n) is 5.27. The smallest absolute Gasteiger partial charge is 0.322 e. The van der Waals surface area contributed by atoms with Gasteiger partial charge in [0.15, 0.2) is 0 Å². The van der Waals surface area contributed by atoms with Gasteiger partial charge in [-0.1, -0.05) is 22.0 Å². The lowest BCUT2D eigenvalue weighted by Crippen LogP contribution is -2.47. The molecule has 3 rings (SSSR count). The van der Waals surface area contributed by atoms with Crippen molar-refractivity contribution in [3.63, 3.8) is 0 Å². The molecule has 22 heavy (non-hydrogen) atoms. The fourth-order valence-corrected chi connectivity index (χ4v) is 3.10. The molecule has 8 heteroatoms. The molecule has 0 saturated heterocycles. The van der Waals surface area contributed by atoms with Crippen LogP contribution in [0.5, 0.6) is 0 Å². The number of fused-ring (bicyclic) bond motifs is 1. The van der Waals surface area contributed by atoms with Gasteiger partial charge in [0.25, 0.3) is 0 Å². The standard InChI is InChI=1S/C14H14BrFN4O2/c1-8-17-18-13-7-19(12(14(21)22)6-20(8)13)5-9-2-3-10(16)4-11(9)15/h2-4,12H,5-7H2,1H3,(H,21,22). The summed E-state index contributed by atoms with van der Waals surface area (Å²) >= 11 is 3.32. The quantitative estimate of drug-likeness (QED) is 0.896. The topological polar surface area (TPSA) is 71.2 Å². The molecule has 0 spiro atoms. The zero-order chi connectivity index (χ0) is 15.9. The molecule has 0 saturated carbocycles. The van der Waals surface area contributed by atoms with Gasteiger partial charge in [-0.25, -0.2) is 4.39 Å². The van der Waals surface area contributed by atoms with E-state index in [4.69, 9.17) is 0 Å². The van der Waals surface area contributed by atoms with Gasteiger partial charge in [0.1, 0.15) is 23.5 Å². The Morgan fingerprint density at radius 2 is 2.27 bits per heavy atom. The van der Waals surface area contributed by atoms with Crippen molar-refractivity contribution in [2.24, 2.45) is 0 Å². The molecule has 1 aliphatic heterocycles. The maximum atomic E-state index is 13.2. The molecule has 116 valence electrons. The predicted molar refractivity (Wildman–Crippen MR) is 79.5 cm³/mol. The third kappa shape index (κ3) is 2.76. The fraction of sp³-hybridized carbons (Fsp3) is 0.357. The van der Waals surface area contributed by atoms with Crippen LogP contribution in [0, 0.1) is 12.7 Å². The maximum absolute atomic E-state index is 13.2. The van der Waals surface area contributed by atoms with Gasteiger partial charge in [-0.05, 0) is 24.6 Å². The fourth-order valence-electron chi connectivity index (χ4n) is 2.63. The van der Waals surface area contributed by atoms with Crippen molar-refractivity contribution in [1.82, 2.24) is 19.7 Å². The first-order valence-corrected chi connectivity index (χ1v) is 7.54. The van der Waals surface area contributed by atoms with E-state index in [1.54, 1.807) is 6.07 Å². The van der Waals surface area contributed by atoms with Crippen LogP contribution in [0.1, 0.15) is 17.2 Å². The van der Waals surface area contributed by atoms with Gasteiger partial charge < -0.3 is 9.67 Å². The van der Waals surface area contributed by atoms with E-state index in [2.05, 4.69) is 26.1 Å². The third-order valence-corrected chi connectivity index (χ3v) is 4.56. The zero-order valence-corrected chi connectivity index (χ0v) is 13.4. The van der Waals surface area contributed by atoms with Crippen molar-refractivity contribution in [3.8, 4) is 0 Å². The molecule has 0 bridgehead atoms. The predicted octanol–water partition coefficient (Wildman–Crippen LogP) is 1.96. The second-order valence-corrected chi connectivity index (χ2v) is 6.12. The van der Waals surface area contributed by atoms with Crippen LogP contribution in [-0.2, 0) is 24.4 Å². The summed E-state index contributed by atoms with van der Waals surface area (Å²) in [7, 11) is 0. The van der Waals surface area contributed by atoms with Crippen molar-refractivity contribution >= 4 is 21.9 Å². The van der Waals surface area contributed by atoms with Crippen LogP contribution in [0.15, 0.2) is 22.7 Å². The minimum atomic E-state index is -0.892. The summed E-state index contributed by atoms with van der Waals surface area (Å²) in [4.78, 5) is 13.4. The van der Waals surface area contributed by atoms with E-state index in [9.17, 15) is 14.3 Å². The summed E-state index contributed by atoms with van der Waals surface area (Å²) in [5.74, 6) is 0.230. The molecule has 1 N–H and O–H groups in total. The molecular formula is C14H14BrFN4O2. The summed E-state index contributed by atoms with van der Waals surface area (Å²) in [6.07, 6.45) is 0. The van der Waals surface area contributed by atoms with E-state index in [1.807, 2.05) is 16.4 Å². The molecule has 0 radical (unpaired) electrons. The normalized spacial score (nSPS) is 18.2. The van der Waals surface area contributed by atoms with Gasteiger partial charge in [0.2, 0.25) is 0 Å². The number of aryl methyl sites for hydroxylation is 1. The monoisotopic (exact) mass is 368 g/mol. The molecule has 0 amide bonds. The molecule has 6 nitrogen and oxygen atoms in total. The van der Waals surface area contributed by atoms with Crippen LogP contribution >= 0.6 is 15.9 Å². The number of hydrogen-bond acceptors (Lipinski definition) is 4. The second kappa shape index (κ2) is 5.77. The van der Waals surface area contributed by atoms with E-state index >= 15 is 0 Å². The lowest BCUT2D eigenvalue weighted by molar-refractivity contribution is -0.145. The van der Waals surface area contributed by atoms with E-state index < -0.39 is 12.0 Å². The number of rotatable bonds is 3. The lowest BCUT2D eigenvalue weighted by atomic mass is 10.1. The number of hydrogen-bond donors (Lipinski definition) is 1. The van der Waals surface area contributed by atoms with Gasteiger partial charge in [-0.3, -0.25) is 9.69 Å². The van der Waals surface area contributed by atoms with Crippen molar-refractivity contribution in [2.75, 3.05) is 0 Å². The highest BCUT2D eigenvalue weighted by atomic mass is 79.9. The highest BCUT2D eigenvalue weighted by Gasteiger charge is 2.33. The number of halogens is 2. The minimum Gasteiger partial charge on any atom is -0.480 e. The molecule has 1 aromatic heterocycles. The molecule has 1 aromatic carbocycles. The van der Waals surface area contributed by atoms with E-state index in [1.165, 1.54) is 12.1 Å². The SMILES string of the molecule is Cc1nnc2n1CC(C(=O)O)N(Cc1ccc(F)cc1Br)C2. The van der Waals surface area contributed by atoms with Gasteiger partial charge >= 0.3 is 5.97 Å². The first-order valence-electron chi connectivity index (χ1n) is 6.75. The molecular weight excluding hydrogens is 355 g/mol. The molecule has 2 heterocycles. The summed E-state index contributed by atoms with van der Waals surface area (Å²) in [5.41, 5.74) is 0.831. The molecule has 1 atom stereocenters. The molecule has 1 aliphatic rings. The first kappa shape index (κ1) is 15.1. The Hall–Kier alpha value is -1.80. The Balaban J connectivity index is 1.89. The Morgan fingerprint density at radius 1 is 1.50 bits per heavy atom. The Labute approximate surface area is 134 Å². The third-order valence-electron chi connectivity index (χ3n) is 3.83. The first-order chi connectivity index (χ1) is 10.5. The van der Waals surface area contributed by atoms with Crippen LogP contribution in [-0.4, -0.2) is 36.8 Å². The number of nitrogens with zero attached hydrogens (tertiary/aromatic N) is 4. The molecule has 0 aliphatic carbocycles. The van der Waals surface area contributed by atoms with Gasteiger partial charge in [-0.2, -0.15) is 0 Å². The van der Waals surface area contributed by atoms with E-state index in [0.29, 0.717) is 29.9 Å². The van der Waals surface area contributed by atoms with Crippen molar-refractivity contribution < 1.29 is 14.3 Å². The number of aromatic nitrogens is 3. The zero-order valence-electron chi connectivity index (χ0n) is 11.8. The Bertz CT molecular complexity index is 734. The largest absolute Gasteiger partial charge is 0.480 e. The Kier molecular flexibility index (Phi) is 3.96. The summed E-state index contributed by atoms with van der Waals surface area (Å²) in [5, 5.41) is 17.6. The van der Waals surface area contributed by atoms with Crippen LogP contribution in [0.4, 0.5) is 4.39 Å². The van der Waals surface area contributed by atoms with E-state index in [-0.39, 0.29) is 5.82 Å². The summed E-state index contributed by atoms with van der Waals surface area (Å²) in [6.45, 7) is 2.90. The number of carboxylic acid groups (broad SMARTS) is 1. The average Bonchev–Trinajstić information content (AvgIpc) is 2.82. The van der Waals surface area contributed by atoms with Gasteiger partial charge in [0.05, 0.1) is 13.1 Å². The van der Waals surface area contributed by atoms with Gasteiger partial charge in [0, 0.05) is 11.0 Å². The maximum Gasteiger partial charge on any atom is 0.322 e. The van der Waals surface area contributed by atoms with Crippen molar-refractivity contribution in [3.05, 3.63) is 45.7 Å². The van der Waals surface area contributed by atoms with Crippen molar-refractivity contribution in [2.45, 2.75) is 32.6 Å². The number of carbonyl (C=O) groups is 1. The highest BCUT2D eigenvalue weighted by molar-refractivity contribution is 9.10. The number of aliphatic carboxylic acids is 1. The van der Waals surface area contributed by atoms with Gasteiger partial charge in [-0.15, -0.1) is 10.2 Å². The molecule has 1 unspecified atom stereocenters. The van der Waals surface area contributed by atoms with Crippen molar-refractivity contribution in [1.29, 1.82) is 0 Å². The molecule has 2 aromatic rings. The Morgan fingerprint density at radius 3 is 2.95 bits per heavy atom. The number of benzene rings is 1. The summed E-state index contributed by atoms with van der Waals surface area (Å²) in [6, 6.07) is 3.73. The van der Waals surface area contributed by atoms with E-state index in [0.717, 1.165) is 11.4 Å². The van der Waals surface area contributed by atoms with Crippen LogP contribution in [0.2, 0.25) is 0 Å². The lowest BCUT2D eigenvalue weighted by Gasteiger charge is -2.33. The van der Waals surface area contributed by atoms with Crippen LogP contribution < -0.4 is 0 Å². The summed E-state index contributed by atoms with van der Waals surface area (Å²) < 4.78 is 15.6. The van der Waals surface area contributed by atoms with Crippen LogP contribution in [0.3, 0.4) is 0 Å².